The molecule has 1 N–H and O–H groups in total. The van der Waals surface area contributed by atoms with E-state index < -0.39 is 0 Å². The fourth-order valence-electron chi connectivity index (χ4n) is 4.35. The molecule has 2 atom stereocenters. The van der Waals surface area contributed by atoms with Gasteiger partial charge < -0.3 is 19.9 Å². The quantitative estimate of drug-likeness (QED) is 0.806. The zero-order valence-corrected chi connectivity index (χ0v) is 16.1. The highest BCUT2D eigenvalue weighted by atomic mass is 19.1. The summed E-state index contributed by atoms with van der Waals surface area (Å²) >= 11 is 0. The van der Waals surface area contributed by atoms with Crippen LogP contribution in [0, 0.1) is 11.7 Å². The van der Waals surface area contributed by atoms with Gasteiger partial charge in [-0.2, -0.15) is 0 Å². The van der Waals surface area contributed by atoms with E-state index in [1.165, 1.54) is 23.4 Å². The van der Waals surface area contributed by atoms with Gasteiger partial charge in [-0.25, -0.2) is 4.39 Å². The molecule has 148 valence electrons. The van der Waals surface area contributed by atoms with Crippen molar-refractivity contribution < 1.29 is 13.9 Å². The van der Waals surface area contributed by atoms with Gasteiger partial charge in [0.05, 0.1) is 18.6 Å². The summed E-state index contributed by atoms with van der Waals surface area (Å²) in [5.74, 6) is -0.290. The molecule has 5 nitrogen and oxygen atoms in total. The molecule has 4 rings (SSSR count). The number of anilines is 2. The van der Waals surface area contributed by atoms with Crippen LogP contribution in [0.1, 0.15) is 5.56 Å². The number of halogens is 1. The third-order valence-corrected chi connectivity index (χ3v) is 5.76. The molecule has 2 heterocycles. The largest absolute Gasteiger partial charge is 0.383 e. The number of hydrogen-bond acceptors (Lipinski definition) is 4. The Labute approximate surface area is 165 Å². The fourth-order valence-corrected chi connectivity index (χ4v) is 4.35. The highest BCUT2D eigenvalue weighted by Crippen LogP contribution is 2.36. The second-order valence-electron chi connectivity index (χ2n) is 7.41. The van der Waals surface area contributed by atoms with Crippen LogP contribution in [0.25, 0.3) is 0 Å². The fraction of sp³-hybridized carbons (Fsp3) is 0.409. The van der Waals surface area contributed by atoms with Crippen molar-refractivity contribution in [3.8, 4) is 0 Å². The third kappa shape index (κ3) is 3.69. The molecule has 0 aliphatic carbocycles. The van der Waals surface area contributed by atoms with Gasteiger partial charge in [0.25, 0.3) is 0 Å². The number of methoxy groups -OCH3 is 1. The Morgan fingerprint density at radius 2 is 1.96 bits per heavy atom. The van der Waals surface area contributed by atoms with E-state index in [2.05, 4.69) is 33.3 Å². The Kier molecular flexibility index (Phi) is 5.48. The number of benzene rings is 2. The highest BCUT2D eigenvalue weighted by Gasteiger charge is 2.41. The van der Waals surface area contributed by atoms with Crippen LogP contribution in [-0.2, 0) is 16.0 Å². The molecule has 1 fully saturated rings. The van der Waals surface area contributed by atoms with Crippen LogP contribution in [-0.4, -0.2) is 51.8 Å². The van der Waals surface area contributed by atoms with Crippen LogP contribution in [0.5, 0.6) is 0 Å². The number of piperazine rings is 1. The zero-order valence-electron chi connectivity index (χ0n) is 16.1. The monoisotopic (exact) mass is 383 g/mol. The van der Waals surface area contributed by atoms with Crippen molar-refractivity contribution in [2.75, 3.05) is 49.7 Å². The van der Waals surface area contributed by atoms with Crippen LogP contribution in [0.2, 0.25) is 0 Å². The first kappa shape index (κ1) is 18.7. The van der Waals surface area contributed by atoms with E-state index >= 15 is 0 Å². The second kappa shape index (κ2) is 8.19. The first-order valence-electron chi connectivity index (χ1n) is 9.79. The Bertz CT molecular complexity index is 827. The number of ether oxygens (including phenoxy) is 1. The maximum Gasteiger partial charge on any atom is 0.225 e. The van der Waals surface area contributed by atoms with Crippen molar-refractivity contribution in [1.82, 2.24) is 5.32 Å². The summed E-state index contributed by atoms with van der Waals surface area (Å²) in [6.45, 7) is 3.44. The third-order valence-electron chi connectivity index (χ3n) is 5.76. The van der Waals surface area contributed by atoms with Crippen molar-refractivity contribution in [2.24, 2.45) is 5.92 Å². The van der Waals surface area contributed by atoms with Gasteiger partial charge in [0.2, 0.25) is 5.91 Å². The average molecular weight is 383 g/mol. The number of hydrogen-bond donors (Lipinski definition) is 1. The maximum atomic E-state index is 13.3. The van der Waals surface area contributed by atoms with Crippen molar-refractivity contribution in [3.05, 3.63) is 59.9 Å². The number of para-hydroxylation sites is 1. The normalized spacial score (nSPS) is 21.1. The minimum Gasteiger partial charge on any atom is -0.383 e. The lowest BCUT2D eigenvalue weighted by Gasteiger charge is -2.49. The van der Waals surface area contributed by atoms with Gasteiger partial charge >= 0.3 is 0 Å². The maximum absolute atomic E-state index is 13.3. The number of fused-ring (bicyclic) bond motifs is 3. The molecule has 1 amide bonds. The molecule has 6 heteroatoms. The summed E-state index contributed by atoms with van der Waals surface area (Å²) < 4.78 is 18.4. The van der Waals surface area contributed by atoms with E-state index in [9.17, 15) is 9.18 Å². The summed E-state index contributed by atoms with van der Waals surface area (Å²) in [6, 6.07) is 15.1. The smallest absolute Gasteiger partial charge is 0.225 e. The molecule has 0 saturated carbocycles. The van der Waals surface area contributed by atoms with Gasteiger partial charge in [-0.1, -0.05) is 18.2 Å². The molecular formula is C22H26FN3O2. The minimum atomic E-state index is -0.232. The topological polar surface area (TPSA) is 44.8 Å². The molecule has 0 bridgehead atoms. The lowest BCUT2D eigenvalue weighted by Crippen LogP contribution is -2.61. The lowest BCUT2D eigenvalue weighted by atomic mass is 9.83. The molecule has 2 aliphatic rings. The Morgan fingerprint density at radius 1 is 1.18 bits per heavy atom. The average Bonchev–Trinajstić information content (AvgIpc) is 2.73. The van der Waals surface area contributed by atoms with Gasteiger partial charge in [0, 0.05) is 44.7 Å². The predicted molar refractivity (Wildman–Crippen MR) is 108 cm³/mol. The SMILES string of the molecule is COCCNC(=O)C1Cc2ccccc2N2CCN(c3ccc(F)cc3)CC12. The minimum absolute atomic E-state index is 0.0718. The molecule has 2 aromatic rings. The molecule has 2 unspecified atom stereocenters. The Balaban J connectivity index is 1.59. The van der Waals surface area contributed by atoms with Gasteiger partial charge in [0.15, 0.2) is 0 Å². The van der Waals surface area contributed by atoms with Gasteiger partial charge in [0.1, 0.15) is 5.82 Å². The number of carbonyl (C=O) groups is 1. The van der Waals surface area contributed by atoms with E-state index in [4.69, 9.17) is 4.74 Å². The Hall–Kier alpha value is -2.60. The first-order valence-corrected chi connectivity index (χ1v) is 9.79. The number of amides is 1. The molecular weight excluding hydrogens is 357 g/mol. The summed E-state index contributed by atoms with van der Waals surface area (Å²) in [5, 5.41) is 3.02. The number of nitrogens with zero attached hydrogens (tertiary/aromatic N) is 2. The summed E-state index contributed by atoms with van der Waals surface area (Å²) in [5.41, 5.74) is 3.45. The predicted octanol–water partition coefficient (Wildman–Crippen LogP) is 2.46. The summed E-state index contributed by atoms with van der Waals surface area (Å²) in [6.07, 6.45) is 0.730. The number of nitrogens with one attached hydrogen (secondary N) is 1. The van der Waals surface area contributed by atoms with Crippen molar-refractivity contribution in [2.45, 2.75) is 12.5 Å². The second-order valence-corrected chi connectivity index (χ2v) is 7.41. The highest BCUT2D eigenvalue weighted by molar-refractivity contribution is 5.82. The van der Waals surface area contributed by atoms with E-state index in [-0.39, 0.29) is 23.7 Å². The Morgan fingerprint density at radius 3 is 2.75 bits per heavy atom. The van der Waals surface area contributed by atoms with Crippen molar-refractivity contribution in [3.63, 3.8) is 0 Å². The van der Waals surface area contributed by atoms with Crippen molar-refractivity contribution in [1.29, 1.82) is 0 Å². The van der Waals surface area contributed by atoms with Crippen LogP contribution < -0.4 is 15.1 Å². The molecule has 28 heavy (non-hydrogen) atoms. The molecule has 0 radical (unpaired) electrons. The van der Waals surface area contributed by atoms with Crippen LogP contribution >= 0.6 is 0 Å². The summed E-state index contributed by atoms with van der Waals surface area (Å²) in [7, 11) is 1.63. The molecule has 1 saturated heterocycles. The zero-order chi connectivity index (χ0) is 19.5. The van der Waals surface area contributed by atoms with E-state index in [1.807, 2.05) is 18.2 Å². The standard InChI is InChI=1S/C22H26FN3O2/c1-28-13-10-24-22(27)19-14-16-4-2-3-5-20(16)26-12-11-25(15-21(19)26)18-8-6-17(23)7-9-18/h2-9,19,21H,10-15H2,1H3,(H,24,27). The first-order chi connectivity index (χ1) is 13.7. The summed E-state index contributed by atoms with van der Waals surface area (Å²) in [4.78, 5) is 17.6. The van der Waals surface area contributed by atoms with Crippen LogP contribution in [0.3, 0.4) is 0 Å². The van der Waals surface area contributed by atoms with E-state index in [0.717, 1.165) is 31.7 Å². The van der Waals surface area contributed by atoms with Crippen LogP contribution in [0.4, 0.5) is 15.8 Å². The van der Waals surface area contributed by atoms with Gasteiger partial charge in [-0.05, 0) is 42.3 Å². The van der Waals surface area contributed by atoms with E-state index in [0.29, 0.717) is 13.2 Å². The van der Waals surface area contributed by atoms with Crippen LogP contribution in [0.15, 0.2) is 48.5 Å². The van der Waals surface area contributed by atoms with E-state index in [1.54, 1.807) is 7.11 Å². The van der Waals surface area contributed by atoms with Gasteiger partial charge in [-0.15, -0.1) is 0 Å². The number of rotatable bonds is 5. The molecule has 2 aliphatic heterocycles. The number of carbonyl (C=O) groups excluding carboxylic acids is 1. The lowest BCUT2D eigenvalue weighted by molar-refractivity contribution is -0.126. The van der Waals surface area contributed by atoms with Crippen molar-refractivity contribution >= 4 is 17.3 Å². The molecule has 0 spiro atoms. The molecule has 0 aromatic heterocycles. The molecule has 2 aromatic carbocycles. The van der Waals surface area contributed by atoms with Gasteiger partial charge in [-0.3, -0.25) is 4.79 Å².